The maximum Gasteiger partial charge on any atom is 0.253 e. The third-order valence-electron chi connectivity index (χ3n) is 4.88. The van der Waals surface area contributed by atoms with Crippen molar-refractivity contribution in [3.05, 3.63) is 29.8 Å². The summed E-state index contributed by atoms with van der Waals surface area (Å²) in [6.07, 6.45) is 5.87. The van der Waals surface area contributed by atoms with Crippen LogP contribution in [-0.4, -0.2) is 35.8 Å². The summed E-state index contributed by atoms with van der Waals surface area (Å²) in [7, 11) is 0. The molecule has 5 nitrogen and oxygen atoms in total. The van der Waals surface area contributed by atoms with Gasteiger partial charge in [0.25, 0.3) is 5.91 Å². The maximum atomic E-state index is 12.3. The van der Waals surface area contributed by atoms with E-state index in [1.165, 1.54) is 0 Å². The number of hydrogen-bond donors (Lipinski definition) is 2. The Hall–Kier alpha value is -1.88. The number of carbonyl (C=O) groups excluding carboxylic acids is 2. The minimum atomic E-state index is 0.00431. The molecule has 2 unspecified atom stereocenters. The quantitative estimate of drug-likeness (QED) is 0.899. The molecule has 2 amide bonds. The number of nitrogens with one attached hydrogen (secondary N) is 1. The molecule has 2 aliphatic rings. The highest BCUT2D eigenvalue weighted by Crippen LogP contribution is 2.24. The Kier molecular flexibility index (Phi) is 4.96. The fraction of sp³-hybridized carbons (Fsp3) is 0.556. The van der Waals surface area contributed by atoms with E-state index in [0.29, 0.717) is 5.56 Å². The molecule has 1 aromatic carbocycles. The Labute approximate surface area is 137 Å². The van der Waals surface area contributed by atoms with Gasteiger partial charge in [0.05, 0.1) is 0 Å². The lowest BCUT2D eigenvalue weighted by Gasteiger charge is -2.25. The van der Waals surface area contributed by atoms with E-state index < -0.39 is 0 Å². The van der Waals surface area contributed by atoms with Crippen LogP contribution in [0, 0.1) is 5.92 Å². The average molecular weight is 315 g/mol. The molecule has 23 heavy (non-hydrogen) atoms. The SMILES string of the molecule is NC1CCCC(C(=O)Nc2ccc(C(=O)N3CCCC3)cc2)C1. The van der Waals surface area contributed by atoms with Crippen LogP contribution in [0.15, 0.2) is 24.3 Å². The van der Waals surface area contributed by atoms with Crippen LogP contribution in [0.1, 0.15) is 48.9 Å². The van der Waals surface area contributed by atoms with E-state index in [1.54, 1.807) is 12.1 Å². The standard InChI is InChI=1S/C18H25N3O2/c19-15-5-3-4-14(12-15)17(22)20-16-8-6-13(7-9-16)18(23)21-10-1-2-11-21/h6-9,14-15H,1-5,10-12,19H2,(H,20,22). The number of nitrogens with zero attached hydrogens (tertiary/aromatic N) is 1. The van der Waals surface area contributed by atoms with Gasteiger partial charge < -0.3 is 16.0 Å². The predicted molar refractivity (Wildman–Crippen MR) is 90.1 cm³/mol. The molecule has 0 radical (unpaired) electrons. The average Bonchev–Trinajstić information content (AvgIpc) is 3.09. The third-order valence-corrected chi connectivity index (χ3v) is 4.88. The van der Waals surface area contributed by atoms with E-state index in [2.05, 4.69) is 5.32 Å². The van der Waals surface area contributed by atoms with Gasteiger partial charge >= 0.3 is 0 Å². The number of hydrogen-bond acceptors (Lipinski definition) is 3. The Morgan fingerprint density at radius 3 is 2.39 bits per heavy atom. The van der Waals surface area contributed by atoms with Crippen LogP contribution in [0.5, 0.6) is 0 Å². The van der Waals surface area contributed by atoms with Gasteiger partial charge in [0.15, 0.2) is 0 Å². The van der Waals surface area contributed by atoms with Crippen LogP contribution < -0.4 is 11.1 Å². The molecule has 1 saturated heterocycles. The first-order chi connectivity index (χ1) is 11.1. The lowest BCUT2D eigenvalue weighted by molar-refractivity contribution is -0.120. The van der Waals surface area contributed by atoms with E-state index in [1.807, 2.05) is 17.0 Å². The van der Waals surface area contributed by atoms with Crippen LogP contribution in [-0.2, 0) is 4.79 Å². The largest absolute Gasteiger partial charge is 0.339 e. The second-order valence-corrected chi connectivity index (χ2v) is 6.69. The Balaban J connectivity index is 1.58. The minimum absolute atomic E-state index is 0.00431. The molecule has 1 aliphatic carbocycles. The molecular formula is C18H25N3O2. The fourth-order valence-electron chi connectivity index (χ4n) is 3.51. The highest BCUT2D eigenvalue weighted by atomic mass is 16.2. The maximum absolute atomic E-state index is 12.3. The van der Waals surface area contributed by atoms with E-state index in [9.17, 15) is 9.59 Å². The molecule has 1 aromatic rings. The number of amides is 2. The summed E-state index contributed by atoms with van der Waals surface area (Å²) in [4.78, 5) is 26.5. The van der Waals surface area contributed by atoms with Crippen LogP contribution in [0.4, 0.5) is 5.69 Å². The smallest absolute Gasteiger partial charge is 0.253 e. The van der Waals surface area contributed by atoms with Crippen molar-refractivity contribution >= 4 is 17.5 Å². The first kappa shape index (κ1) is 16.0. The summed E-state index contributed by atoms with van der Waals surface area (Å²) in [5.74, 6) is 0.127. The normalized spacial score (nSPS) is 24.5. The van der Waals surface area contributed by atoms with Gasteiger partial charge in [-0.05, 0) is 56.4 Å². The van der Waals surface area contributed by atoms with Gasteiger partial charge in [-0.2, -0.15) is 0 Å². The summed E-state index contributed by atoms with van der Waals surface area (Å²) in [5, 5.41) is 2.95. The summed E-state index contributed by atoms with van der Waals surface area (Å²) < 4.78 is 0. The lowest BCUT2D eigenvalue weighted by Crippen LogP contribution is -2.34. The van der Waals surface area contributed by atoms with Crippen molar-refractivity contribution in [1.82, 2.24) is 4.90 Å². The first-order valence-corrected chi connectivity index (χ1v) is 8.59. The molecular weight excluding hydrogens is 290 g/mol. The first-order valence-electron chi connectivity index (χ1n) is 8.59. The van der Waals surface area contributed by atoms with Crippen LogP contribution in [0.2, 0.25) is 0 Å². The minimum Gasteiger partial charge on any atom is -0.339 e. The summed E-state index contributed by atoms with van der Waals surface area (Å²) >= 11 is 0. The van der Waals surface area contributed by atoms with Crippen molar-refractivity contribution < 1.29 is 9.59 Å². The van der Waals surface area contributed by atoms with Crippen molar-refractivity contribution in [2.75, 3.05) is 18.4 Å². The van der Waals surface area contributed by atoms with Gasteiger partial charge in [-0.1, -0.05) is 6.42 Å². The van der Waals surface area contributed by atoms with Crippen LogP contribution in [0.3, 0.4) is 0 Å². The molecule has 0 bridgehead atoms. The zero-order chi connectivity index (χ0) is 16.2. The zero-order valence-corrected chi connectivity index (χ0v) is 13.5. The Morgan fingerprint density at radius 2 is 1.74 bits per heavy atom. The molecule has 0 spiro atoms. The highest BCUT2D eigenvalue weighted by molar-refractivity contribution is 5.96. The molecule has 3 N–H and O–H groups in total. The van der Waals surface area contributed by atoms with Crippen molar-refractivity contribution in [3.8, 4) is 0 Å². The van der Waals surface area contributed by atoms with E-state index in [0.717, 1.165) is 57.3 Å². The molecule has 5 heteroatoms. The van der Waals surface area contributed by atoms with Gasteiger partial charge in [0.1, 0.15) is 0 Å². The topological polar surface area (TPSA) is 75.4 Å². The van der Waals surface area contributed by atoms with Gasteiger partial charge in [-0.25, -0.2) is 0 Å². The van der Waals surface area contributed by atoms with Gasteiger partial charge in [-0.15, -0.1) is 0 Å². The lowest BCUT2D eigenvalue weighted by atomic mass is 9.85. The third kappa shape index (κ3) is 3.91. The van der Waals surface area contributed by atoms with Crippen molar-refractivity contribution in [3.63, 3.8) is 0 Å². The van der Waals surface area contributed by atoms with Crippen LogP contribution >= 0.6 is 0 Å². The number of rotatable bonds is 3. The Morgan fingerprint density at radius 1 is 1.04 bits per heavy atom. The molecule has 1 aliphatic heterocycles. The summed E-state index contributed by atoms with van der Waals surface area (Å²) in [5.41, 5.74) is 7.37. The highest BCUT2D eigenvalue weighted by Gasteiger charge is 2.25. The van der Waals surface area contributed by atoms with Crippen molar-refractivity contribution in [2.45, 2.75) is 44.6 Å². The molecule has 1 saturated carbocycles. The van der Waals surface area contributed by atoms with Gasteiger partial charge in [0.2, 0.25) is 5.91 Å². The number of anilines is 1. The summed E-state index contributed by atoms with van der Waals surface area (Å²) in [6, 6.07) is 7.35. The van der Waals surface area contributed by atoms with Crippen molar-refractivity contribution in [2.24, 2.45) is 11.7 Å². The van der Waals surface area contributed by atoms with E-state index >= 15 is 0 Å². The van der Waals surface area contributed by atoms with Gasteiger partial charge in [-0.3, -0.25) is 9.59 Å². The molecule has 2 fully saturated rings. The molecule has 2 atom stereocenters. The second kappa shape index (κ2) is 7.13. The number of nitrogens with two attached hydrogens (primary N) is 1. The monoisotopic (exact) mass is 315 g/mol. The molecule has 1 heterocycles. The number of benzene rings is 1. The molecule has 3 rings (SSSR count). The number of likely N-dealkylation sites (tertiary alicyclic amines) is 1. The van der Waals surface area contributed by atoms with Crippen molar-refractivity contribution in [1.29, 1.82) is 0 Å². The zero-order valence-electron chi connectivity index (χ0n) is 13.5. The fourth-order valence-corrected chi connectivity index (χ4v) is 3.51. The van der Waals surface area contributed by atoms with Crippen LogP contribution in [0.25, 0.3) is 0 Å². The number of carbonyl (C=O) groups is 2. The molecule has 0 aromatic heterocycles. The van der Waals surface area contributed by atoms with E-state index in [4.69, 9.17) is 5.73 Å². The second-order valence-electron chi connectivity index (χ2n) is 6.69. The summed E-state index contributed by atoms with van der Waals surface area (Å²) in [6.45, 7) is 1.69. The van der Waals surface area contributed by atoms with E-state index in [-0.39, 0.29) is 23.8 Å². The molecule has 124 valence electrons. The van der Waals surface area contributed by atoms with Gasteiger partial charge in [0, 0.05) is 36.3 Å². The Bertz CT molecular complexity index is 564. The predicted octanol–water partition coefficient (Wildman–Crippen LogP) is 2.38.